The minimum absolute atomic E-state index is 0.181. The van der Waals surface area contributed by atoms with Crippen LogP contribution in [0, 0.1) is 13.8 Å². The Labute approximate surface area is 154 Å². The van der Waals surface area contributed by atoms with E-state index in [9.17, 15) is 4.79 Å². The third-order valence-electron chi connectivity index (χ3n) is 4.21. The number of hydrogen-bond acceptors (Lipinski definition) is 5. The van der Waals surface area contributed by atoms with Crippen LogP contribution in [0.3, 0.4) is 0 Å². The molecule has 1 amide bonds. The molecule has 3 heterocycles. The predicted molar refractivity (Wildman–Crippen MR) is 100 cm³/mol. The van der Waals surface area contributed by atoms with Crippen LogP contribution in [0.4, 0.5) is 0 Å². The molecule has 132 valence electrons. The molecule has 4 rings (SSSR count). The van der Waals surface area contributed by atoms with E-state index in [2.05, 4.69) is 38.5 Å². The highest BCUT2D eigenvalue weighted by Crippen LogP contribution is 2.26. The van der Waals surface area contributed by atoms with E-state index in [4.69, 9.17) is 0 Å². The molecule has 0 fully saturated rings. The van der Waals surface area contributed by atoms with Crippen molar-refractivity contribution in [1.82, 2.24) is 29.9 Å². The number of H-pyrrole nitrogens is 1. The van der Waals surface area contributed by atoms with Crippen LogP contribution >= 0.6 is 11.3 Å². The Kier molecular flexibility index (Phi) is 4.04. The quantitative estimate of drug-likeness (QED) is 0.580. The van der Waals surface area contributed by atoms with E-state index in [1.807, 2.05) is 48.0 Å². The standard InChI is InChI=1S/C18H18N6OS/c1-10-6-4-5-7-13(10)14-8-24-15(9-26-18(24)21-14)17(25)19-11(2)16-20-12(3)22-23-16/h4-9,11H,1-3H3,(H,19,25)(H,20,22,23)/t11-/m0/s1. The summed E-state index contributed by atoms with van der Waals surface area (Å²) in [5.41, 5.74) is 3.63. The second kappa shape index (κ2) is 6.38. The number of amides is 1. The van der Waals surface area contributed by atoms with Gasteiger partial charge in [-0.3, -0.25) is 14.3 Å². The first-order valence-corrected chi connectivity index (χ1v) is 9.13. The van der Waals surface area contributed by atoms with Gasteiger partial charge < -0.3 is 5.32 Å². The molecule has 0 aliphatic rings. The van der Waals surface area contributed by atoms with Crippen LogP contribution in [0.2, 0.25) is 0 Å². The first-order valence-electron chi connectivity index (χ1n) is 8.25. The third-order valence-corrected chi connectivity index (χ3v) is 5.05. The summed E-state index contributed by atoms with van der Waals surface area (Å²) in [6.45, 7) is 5.74. The van der Waals surface area contributed by atoms with Gasteiger partial charge in [-0.25, -0.2) is 9.97 Å². The molecular weight excluding hydrogens is 348 g/mol. The molecule has 7 nitrogen and oxygen atoms in total. The number of nitrogens with one attached hydrogen (secondary N) is 2. The number of fused-ring (bicyclic) bond motifs is 1. The zero-order chi connectivity index (χ0) is 18.3. The van der Waals surface area contributed by atoms with E-state index in [1.54, 1.807) is 0 Å². The van der Waals surface area contributed by atoms with Gasteiger partial charge in [-0.05, 0) is 26.3 Å². The van der Waals surface area contributed by atoms with Gasteiger partial charge in [0.2, 0.25) is 0 Å². The molecule has 1 aromatic carbocycles. The van der Waals surface area contributed by atoms with Gasteiger partial charge in [-0.2, -0.15) is 5.10 Å². The predicted octanol–water partition coefficient (Wildman–Crippen LogP) is 3.29. The van der Waals surface area contributed by atoms with Crippen molar-refractivity contribution in [2.75, 3.05) is 0 Å². The van der Waals surface area contributed by atoms with E-state index < -0.39 is 0 Å². The molecule has 0 saturated heterocycles. The normalized spacial score (nSPS) is 12.4. The lowest BCUT2D eigenvalue weighted by Crippen LogP contribution is -2.28. The van der Waals surface area contributed by atoms with Crippen LogP contribution in [-0.4, -0.2) is 30.5 Å². The molecule has 0 spiro atoms. The lowest BCUT2D eigenvalue weighted by atomic mass is 10.1. The minimum atomic E-state index is -0.290. The van der Waals surface area contributed by atoms with Crippen molar-refractivity contribution < 1.29 is 4.79 Å². The van der Waals surface area contributed by atoms with Gasteiger partial charge in [0.05, 0.1) is 11.7 Å². The third kappa shape index (κ3) is 2.88. The van der Waals surface area contributed by atoms with E-state index >= 15 is 0 Å². The van der Waals surface area contributed by atoms with E-state index in [-0.39, 0.29) is 11.9 Å². The maximum Gasteiger partial charge on any atom is 0.269 e. The molecule has 0 saturated carbocycles. The lowest BCUT2D eigenvalue weighted by Gasteiger charge is -2.09. The number of rotatable bonds is 4. The summed E-state index contributed by atoms with van der Waals surface area (Å²) in [6.07, 6.45) is 1.91. The van der Waals surface area contributed by atoms with Crippen molar-refractivity contribution in [3.05, 3.63) is 58.7 Å². The number of imidazole rings is 1. The fraction of sp³-hybridized carbons (Fsp3) is 0.222. The highest BCUT2D eigenvalue weighted by Gasteiger charge is 2.19. The number of thiazole rings is 1. The monoisotopic (exact) mass is 366 g/mol. The Balaban J connectivity index is 1.62. The van der Waals surface area contributed by atoms with Crippen LogP contribution in [0.5, 0.6) is 0 Å². The average Bonchev–Trinajstić information content (AvgIpc) is 3.30. The fourth-order valence-corrected chi connectivity index (χ4v) is 3.68. The number of hydrogen-bond donors (Lipinski definition) is 2. The molecule has 3 aromatic heterocycles. The molecule has 0 aliphatic heterocycles. The van der Waals surface area contributed by atoms with Gasteiger partial charge in [0.1, 0.15) is 11.5 Å². The second-order valence-electron chi connectivity index (χ2n) is 6.19. The number of carbonyl (C=O) groups is 1. The molecule has 26 heavy (non-hydrogen) atoms. The summed E-state index contributed by atoms with van der Waals surface area (Å²) in [5, 5.41) is 11.6. The molecule has 4 aromatic rings. The smallest absolute Gasteiger partial charge is 0.269 e. The summed E-state index contributed by atoms with van der Waals surface area (Å²) < 4.78 is 1.83. The number of nitrogens with zero attached hydrogens (tertiary/aromatic N) is 4. The van der Waals surface area contributed by atoms with Crippen molar-refractivity contribution >= 4 is 22.2 Å². The van der Waals surface area contributed by atoms with E-state index in [0.717, 1.165) is 27.6 Å². The molecular formula is C18H18N6OS. The number of benzene rings is 1. The van der Waals surface area contributed by atoms with Gasteiger partial charge in [-0.1, -0.05) is 24.3 Å². The Morgan fingerprint density at radius 1 is 1.27 bits per heavy atom. The number of aromatic amines is 1. The molecule has 1 atom stereocenters. The molecule has 8 heteroatoms. The van der Waals surface area contributed by atoms with Gasteiger partial charge in [0.15, 0.2) is 10.8 Å². The number of aryl methyl sites for hydroxylation is 2. The van der Waals surface area contributed by atoms with Crippen molar-refractivity contribution in [2.24, 2.45) is 0 Å². The summed E-state index contributed by atoms with van der Waals surface area (Å²) in [5.74, 6) is 1.10. The zero-order valence-electron chi connectivity index (χ0n) is 14.6. The largest absolute Gasteiger partial charge is 0.341 e. The zero-order valence-corrected chi connectivity index (χ0v) is 15.5. The Morgan fingerprint density at radius 2 is 2.08 bits per heavy atom. The van der Waals surface area contributed by atoms with E-state index in [0.29, 0.717) is 11.5 Å². The summed E-state index contributed by atoms with van der Waals surface area (Å²) in [4.78, 5) is 22.4. The maximum atomic E-state index is 12.7. The molecule has 0 radical (unpaired) electrons. The molecule has 0 bridgehead atoms. The lowest BCUT2D eigenvalue weighted by molar-refractivity contribution is 0.0932. The van der Waals surface area contributed by atoms with Crippen molar-refractivity contribution in [2.45, 2.75) is 26.8 Å². The van der Waals surface area contributed by atoms with Crippen molar-refractivity contribution in [3.8, 4) is 11.3 Å². The molecule has 0 aliphatic carbocycles. The van der Waals surface area contributed by atoms with Gasteiger partial charge in [0, 0.05) is 17.1 Å². The van der Waals surface area contributed by atoms with Crippen LogP contribution in [0.25, 0.3) is 16.2 Å². The minimum Gasteiger partial charge on any atom is -0.341 e. The number of carbonyl (C=O) groups excluding carboxylic acids is 1. The van der Waals surface area contributed by atoms with Gasteiger partial charge >= 0.3 is 0 Å². The van der Waals surface area contributed by atoms with Gasteiger partial charge in [-0.15, -0.1) is 11.3 Å². The maximum absolute atomic E-state index is 12.7. The Bertz CT molecular complexity index is 1090. The highest BCUT2D eigenvalue weighted by molar-refractivity contribution is 7.15. The van der Waals surface area contributed by atoms with Crippen molar-refractivity contribution in [1.29, 1.82) is 0 Å². The fourth-order valence-electron chi connectivity index (χ4n) is 2.83. The van der Waals surface area contributed by atoms with Crippen LogP contribution in [0.15, 0.2) is 35.8 Å². The summed E-state index contributed by atoms with van der Waals surface area (Å²) in [7, 11) is 0. The molecule has 0 unspecified atom stereocenters. The SMILES string of the molecule is Cc1nc([C@H](C)NC(=O)c2csc3nc(-c4ccccc4C)cn23)n[nH]1. The second-order valence-corrected chi connectivity index (χ2v) is 7.03. The topological polar surface area (TPSA) is 88.0 Å². The molecule has 2 N–H and O–H groups in total. The van der Waals surface area contributed by atoms with E-state index in [1.165, 1.54) is 11.3 Å². The first kappa shape index (κ1) is 16.5. The summed E-state index contributed by atoms with van der Waals surface area (Å²) >= 11 is 1.44. The average molecular weight is 366 g/mol. The summed E-state index contributed by atoms with van der Waals surface area (Å²) in [6, 6.07) is 7.79. The Hall–Kier alpha value is -3.00. The first-order chi connectivity index (χ1) is 12.5. The number of aromatic nitrogens is 5. The highest BCUT2D eigenvalue weighted by atomic mass is 32.1. The Morgan fingerprint density at radius 3 is 2.81 bits per heavy atom. The van der Waals surface area contributed by atoms with Gasteiger partial charge in [0.25, 0.3) is 5.91 Å². The van der Waals surface area contributed by atoms with Crippen molar-refractivity contribution in [3.63, 3.8) is 0 Å². The van der Waals surface area contributed by atoms with Crippen LogP contribution in [-0.2, 0) is 0 Å². The van der Waals surface area contributed by atoms with Crippen LogP contribution < -0.4 is 5.32 Å². The van der Waals surface area contributed by atoms with Crippen LogP contribution in [0.1, 0.15) is 40.7 Å².